The van der Waals surface area contributed by atoms with Gasteiger partial charge in [0.1, 0.15) is 0 Å². The monoisotopic (exact) mass is 348 g/mol. The van der Waals surface area contributed by atoms with E-state index >= 15 is 0 Å². The zero-order chi connectivity index (χ0) is 16.7. The number of nitrogens with zero attached hydrogens (tertiary/aromatic N) is 1. The Hall–Kier alpha value is -0.760. The van der Waals surface area contributed by atoms with Crippen LogP contribution in [0.1, 0.15) is 24.8 Å². The first-order chi connectivity index (χ1) is 10.9. The Bertz CT molecular complexity index is 459. The van der Waals surface area contributed by atoms with E-state index in [1.54, 1.807) is 12.1 Å². The second-order valence-corrected chi connectivity index (χ2v) is 6.93. The third-order valence-electron chi connectivity index (χ3n) is 3.87. The zero-order valence-corrected chi connectivity index (χ0v) is 13.8. The van der Waals surface area contributed by atoms with E-state index in [1.165, 1.54) is 12.1 Å². The second kappa shape index (κ2) is 8.92. The molecule has 0 spiro atoms. The van der Waals surface area contributed by atoms with Gasteiger partial charge in [-0.15, -0.1) is 0 Å². The largest absolute Gasteiger partial charge is 0.446 e. The molecule has 3 nitrogen and oxygen atoms in total. The van der Waals surface area contributed by atoms with Crippen molar-refractivity contribution in [2.45, 2.75) is 42.3 Å². The third-order valence-corrected chi connectivity index (χ3v) is 4.61. The first-order valence-electron chi connectivity index (χ1n) is 7.88. The highest BCUT2D eigenvalue weighted by Crippen LogP contribution is 2.36. The fraction of sp³-hybridized carbons (Fsp3) is 0.625. The molecule has 0 amide bonds. The number of benzene rings is 1. The summed E-state index contributed by atoms with van der Waals surface area (Å²) in [7, 11) is 0. The molecule has 0 atom stereocenters. The van der Waals surface area contributed by atoms with Crippen molar-refractivity contribution < 1.29 is 18.3 Å². The molecular weight excluding hydrogens is 325 g/mol. The lowest BCUT2D eigenvalue weighted by molar-refractivity contribution is -0.0328. The quantitative estimate of drug-likeness (QED) is 0.586. The summed E-state index contributed by atoms with van der Waals surface area (Å²) in [5.74, 6) is 0. The van der Waals surface area contributed by atoms with E-state index in [9.17, 15) is 18.3 Å². The van der Waals surface area contributed by atoms with Gasteiger partial charge in [0.15, 0.2) is 0 Å². The van der Waals surface area contributed by atoms with Gasteiger partial charge < -0.3 is 15.3 Å². The summed E-state index contributed by atoms with van der Waals surface area (Å²) in [6, 6.07) is 6.47. The first kappa shape index (κ1) is 18.6. The average molecular weight is 348 g/mol. The lowest BCUT2D eigenvalue weighted by Gasteiger charge is -2.29. The molecule has 0 aromatic heterocycles. The molecule has 0 unspecified atom stereocenters. The molecule has 1 fully saturated rings. The van der Waals surface area contributed by atoms with Gasteiger partial charge in [0.05, 0.1) is 6.10 Å². The van der Waals surface area contributed by atoms with Gasteiger partial charge in [-0.2, -0.15) is 13.2 Å². The lowest BCUT2D eigenvalue weighted by atomic mass is 10.1. The summed E-state index contributed by atoms with van der Waals surface area (Å²) in [4.78, 5) is 2.57. The van der Waals surface area contributed by atoms with Gasteiger partial charge in [-0.05, 0) is 61.8 Å². The molecule has 1 aliphatic heterocycles. The molecule has 1 aliphatic rings. The lowest BCUT2D eigenvalue weighted by Crippen LogP contribution is -2.37. The number of aliphatic hydroxyl groups excluding tert-OH is 1. The van der Waals surface area contributed by atoms with Crippen LogP contribution in [0, 0.1) is 0 Å². The minimum absolute atomic E-state index is 0.0864. The van der Waals surface area contributed by atoms with Crippen LogP contribution in [-0.2, 0) is 6.54 Å². The summed E-state index contributed by atoms with van der Waals surface area (Å²) in [5.41, 5.74) is -3.25. The maximum Gasteiger partial charge on any atom is 0.446 e. The van der Waals surface area contributed by atoms with Crippen LogP contribution in [0.15, 0.2) is 29.2 Å². The number of aliphatic hydroxyl groups is 1. The van der Waals surface area contributed by atoms with Crippen LogP contribution in [0.3, 0.4) is 0 Å². The molecule has 0 bridgehead atoms. The van der Waals surface area contributed by atoms with E-state index in [0.717, 1.165) is 51.0 Å². The fourth-order valence-electron chi connectivity index (χ4n) is 2.61. The van der Waals surface area contributed by atoms with Crippen LogP contribution in [-0.4, -0.2) is 47.8 Å². The molecule has 2 N–H and O–H groups in total. The van der Waals surface area contributed by atoms with Crippen LogP contribution >= 0.6 is 11.8 Å². The number of nitrogens with one attached hydrogen (secondary N) is 1. The minimum Gasteiger partial charge on any atom is -0.393 e. The molecule has 23 heavy (non-hydrogen) atoms. The summed E-state index contributed by atoms with van der Waals surface area (Å²) >= 11 is -0.0864. The van der Waals surface area contributed by atoms with Crippen LogP contribution in [0.4, 0.5) is 13.2 Å². The van der Waals surface area contributed by atoms with Crippen molar-refractivity contribution in [2.75, 3.05) is 26.2 Å². The summed E-state index contributed by atoms with van der Waals surface area (Å²) < 4.78 is 36.7. The first-order valence-corrected chi connectivity index (χ1v) is 8.70. The van der Waals surface area contributed by atoms with E-state index in [4.69, 9.17) is 0 Å². The normalized spacial score (nSPS) is 17.6. The number of piperidine rings is 1. The summed E-state index contributed by atoms with van der Waals surface area (Å²) in [6.07, 6.45) is 2.60. The summed E-state index contributed by atoms with van der Waals surface area (Å²) in [5, 5.41) is 12.8. The van der Waals surface area contributed by atoms with Crippen LogP contribution < -0.4 is 5.32 Å². The van der Waals surface area contributed by atoms with Crippen molar-refractivity contribution in [1.82, 2.24) is 10.2 Å². The molecule has 7 heteroatoms. The fourth-order valence-corrected chi connectivity index (χ4v) is 3.15. The van der Waals surface area contributed by atoms with Crippen LogP contribution in [0.25, 0.3) is 0 Å². The highest BCUT2D eigenvalue weighted by Gasteiger charge is 2.28. The van der Waals surface area contributed by atoms with E-state index in [0.29, 0.717) is 6.54 Å². The Morgan fingerprint density at radius 2 is 1.83 bits per heavy atom. The van der Waals surface area contributed by atoms with Crippen molar-refractivity contribution in [3.63, 3.8) is 0 Å². The van der Waals surface area contributed by atoms with Crippen LogP contribution in [0.2, 0.25) is 0 Å². The molecule has 0 saturated carbocycles. The minimum atomic E-state index is -4.23. The Morgan fingerprint density at radius 3 is 2.43 bits per heavy atom. The molecule has 2 rings (SSSR count). The van der Waals surface area contributed by atoms with Crippen molar-refractivity contribution in [3.05, 3.63) is 29.8 Å². The SMILES string of the molecule is OC1CCN(CCCNCc2ccc(SC(F)(F)F)cc2)CC1. The highest BCUT2D eigenvalue weighted by atomic mass is 32.2. The maximum atomic E-state index is 12.2. The van der Waals surface area contributed by atoms with Crippen LogP contribution in [0.5, 0.6) is 0 Å². The number of halogens is 3. The van der Waals surface area contributed by atoms with E-state index in [1.807, 2.05) is 0 Å². The Balaban J connectivity index is 1.59. The van der Waals surface area contributed by atoms with Gasteiger partial charge in [-0.25, -0.2) is 0 Å². The van der Waals surface area contributed by atoms with E-state index in [-0.39, 0.29) is 22.8 Å². The predicted octanol–water partition coefficient (Wildman–Crippen LogP) is 3.23. The second-order valence-electron chi connectivity index (χ2n) is 5.79. The van der Waals surface area contributed by atoms with Gasteiger partial charge in [0.25, 0.3) is 0 Å². The number of thioether (sulfide) groups is 1. The third kappa shape index (κ3) is 7.56. The molecule has 1 aromatic carbocycles. The Labute approximate surface area is 139 Å². The van der Waals surface area contributed by atoms with Crippen molar-refractivity contribution in [1.29, 1.82) is 0 Å². The average Bonchev–Trinajstić information content (AvgIpc) is 2.49. The van der Waals surface area contributed by atoms with Crippen molar-refractivity contribution in [2.24, 2.45) is 0 Å². The standard InChI is InChI=1S/C16H23F3N2OS/c17-16(18,19)23-15-4-2-13(3-5-15)12-20-8-1-9-21-10-6-14(22)7-11-21/h2-5,14,20,22H,1,6-12H2. The van der Waals surface area contributed by atoms with Gasteiger partial charge >= 0.3 is 5.51 Å². The van der Waals surface area contributed by atoms with Crippen molar-refractivity contribution in [3.8, 4) is 0 Å². The topological polar surface area (TPSA) is 35.5 Å². The number of likely N-dealkylation sites (tertiary alicyclic amines) is 1. The number of alkyl halides is 3. The Morgan fingerprint density at radius 1 is 1.17 bits per heavy atom. The maximum absolute atomic E-state index is 12.2. The number of rotatable bonds is 7. The van der Waals surface area contributed by atoms with Gasteiger partial charge in [0.2, 0.25) is 0 Å². The molecule has 1 saturated heterocycles. The predicted molar refractivity (Wildman–Crippen MR) is 86.4 cm³/mol. The highest BCUT2D eigenvalue weighted by molar-refractivity contribution is 8.00. The molecule has 1 aromatic rings. The Kier molecular flexibility index (Phi) is 7.20. The molecule has 0 aliphatic carbocycles. The zero-order valence-electron chi connectivity index (χ0n) is 13.0. The van der Waals surface area contributed by atoms with Gasteiger partial charge in [-0.3, -0.25) is 0 Å². The summed E-state index contributed by atoms with van der Waals surface area (Å²) in [6.45, 7) is 4.47. The number of hydrogen-bond donors (Lipinski definition) is 2. The number of hydrogen-bond acceptors (Lipinski definition) is 4. The molecule has 0 radical (unpaired) electrons. The molecule has 1 heterocycles. The molecular formula is C16H23F3N2OS. The molecule has 130 valence electrons. The smallest absolute Gasteiger partial charge is 0.393 e. The van der Waals surface area contributed by atoms with Gasteiger partial charge in [-0.1, -0.05) is 12.1 Å². The van der Waals surface area contributed by atoms with E-state index < -0.39 is 5.51 Å². The van der Waals surface area contributed by atoms with Gasteiger partial charge in [0, 0.05) is 24.5 Å². The van der Waals surface area contributed by atoms with Crippen molar-refractivity contribution >= 4 is 11.8 Å². The van der Waals surface area contributed by atoms with E-state index in [2.05, 4.69) is 10.2 Å².